The van der Waals surface area contributed by atoms with Gasteiger partial charge in [-0.2, -0.15) is 0 Å². The summed E-state index contributed by atoms with van der Waals surface area (Å²) in [5.41, 5.74) is 17.6. The number of carbonyl (C=O) groups is 13. The summed E-state index contributed by atoms with van der Waals surface area (Å²) >= 11 is 7.94. The quantitative estimate of drug-likeness (QED) is 0.00907. The van der Waals surface area contributed by atoms with E-state index in [1.165, 1.54) is 43.2 Å². The Bertz CT molecular complexity index is 4980. The van der Waals surface area contributed by atoms with E-state index in [0.29, 0.717) is 115 Å². The summed E-state index contributed by atoms with van der Waals surface area (Å²) in [4.78, 5) is 184. The number of nitrogens with two attached hydrogens (primary N) is 3. The zero-order chi connectivity index (χ0) is 99.8. The van der Waals surface area contributed by atoms with Gasteiger partial charge in [-0.15, -0.1) is 11.8 Å². The number of hydrogen-bond donors (Lipinski definition) is 12. The van der Waals surface area contributed by atoms with Crippen LogP contribution in [-0.2, 0) is 101 Å². The highest BCUT2D eigenvalue weighted by molar-refractivity contribution is 8.00. The van der Waals surface area contributed by atoms with Crippen LogP contribution in [0.5, 0.6) is 5.75 Å². The van der Waals surface area contributed by atoms with Gasteiger partial charge in [0.05, 0.1) is 68.0 Å². The molecule has 3 aromatic rings. The summed E-state index contributed by atoms with van der Waals surface area (Å²) in [7, 11) is 4.16. The molecule has 11 rings (SSSR count). The molecule has 2 saturated carbocycles. The number of benzene rings is 3. The van der Waals surface area contributed by atoms with Gasteiger partial charge in [-0.25, -0.2) is 9.59 Å². The number of nitrogens with zero attached hydrogens (tertiary/aromatic N) is 4. The molecular weight excluding hydrogens is 1810 g/mol. The minimum Gasteiger partial charge on any atom is -0.495 e. The smallest absolute Gasteiger partial charge is 0.409 e. The number of methoxy groups -OCH3 is 1. The van der Waals surface area contributed by atoms with Crippen LogP contribution in [0.1, 0.15) is 192 Å². The highest BCUT2D eigenvalue weighted by atomic mass is 35.5. The third-order valence-corrected chi connectivity index (χ3v) is 28.8. The number of thioether (sulfide) groups is 1. The van der Waals surface area contributed by atoms with Crippen LogP contribution in [0.2, 0.25) is 5.02 Å². The SMILES string of the molecule is COc1cc2cc(c1Cl)N(C)C(=O)C[C@H](OC(=O)[C@H](N)N(C)C(=O)CCSC1CC(=O)N(CC3CCC(C(=O)NCCCCNC4(C(=O)CCCNC(=O)[C@H](CCCCN)NC(=O)C(Cc5ccccc5)NC(=O)CC(C)(C)COCCOC(C)(C)CCC(=O)NCC(=O)N5Cc6ccccc6/C=C\C6C=CC=CC65)CC4)CC3)C1=O)[C@]1(N)O[C@H]1[C@H](C)[C@@H]1C[C@@](O)(NC(=O)O1)[C@H](O)/C=C/C=C(\C)C2. The highest BCUT2D eigenvalue weighted by Crippen LogP contribution is 2.47. The molecule has 15 N–H and O–H groups in total. The van der Waals surface area contributed by atoms with E-state index in [4.69, 9.17) is 57.2 Å². The summed E-state index contributed by atoms with van der Waals surface area (Å²) in [5, 5.41) is 42.6. The normalized spacial score (nSPS) is 25.5. The number of likely N-dealkylation sites (N-methyl/N-ethyl adjacent to an activating group) is 1. The molecule has 8 aliphatic rings. The summed E-state index contributed by atoms with van der Waals surface area (Å²) < 4.78 is 35.3. The van der Waals surface area contributed by atoms with Crippen molar-refractivity contribution in [3.8, 4) is 5.75 Å². The zero-order valence-electron chi connectivity index (χ0n) is 80.8. The second-order valence-electron chi connectivity index (χ2n) is 39.2. The van der Waals surface area contributed by atoms with E-state index < -0.39 is 124 Å². The number of amides is 11. The Morgan fingerprint density at radius 2 is 1.53 bits per heavy atom. The molecule has 4 bridgehead atoms. The number of hydrogen-bond acceptors (Lipinski definition) is 26. The van der Waals surface area contributed by atoms with Gasteiger partial charge in [0, 0.05) is 109 Å². The Labute approximate surface area is 817 Å². The third kappa shape index (κ3) is 30.2. The number of aliphatic hydroxyl groups is 2. The van der Waals surface area contributed by atoms with E-state index in [9.17, 15) is 72.5 Å². The first-order valence-corrected chi connectivity index (χ1v) is 49.7. The van der Waals surface area contributed by atoms with Crippen molar-refractivity contribution in [2.24, 2.45) is 46.3 Å². The molecule has 35 nitrogen and oxygen atoms in total. The molecule has 4 unspecified atom stereocenters. The number of unbranched alkanes of at least 4 members (excludes halogenated alkanes) is 2. The van der Waals surface area contributed by atoms with Crippen LogP contribution in [0.3, 0.4) is 0 Å². The number of esters is 1. The average molecular weight is 1950 g/mol. The van der Waals surface area contributed by atoms with Crippen LogP contribution in [0.15, 0.2) is 121 Å². The lowest BCUT2D eigenvalue weighted by atomic mass is 9.81. The monoisotopic (exact) mass is 1950 g/mol. The third-order valence-electron chi connectivity index (χ3n) is 27.2. The van der Waals surface area contributed by atoms with Crippen molar-refractivity contribution in [3.05, 3.63) is 148 Å². The fourth-order valence-electron chi connectivity index (χ4n) is 18.5. The Hall–Kier alpha value is -10.3. The lowest BCUT2D eigenvalue weighted by Crippen LogP contribution is -2.63. The fraction of sp³-hybridized carbons (Fsp3) is 0.594. The molecule has 3 aromatic carbocycles. The van der Waals surface area contributed by atoms with E-state index in [1.54, 1.807) is 25.1 Å². The van der Waals surface area contributed by atoms with E-state index in [-0.39, 0.29) is 178 Å². The van der Waals surface area contributed by atoms with Crippen molar-refractivity contribution in [3.63, 3.8) is 0 Å². The maximum Gasteiger partial charge on any atom is 0.409 e. The summed E-state index contributed by atoms with van der Waals surface area (Å²) in [6.07, 6.45) is 15.6. The van der Waals surface area contributed by atoms with Crippen LogP contribution in [0.25, 0.3) is 6.08 Å². The van der Waals surface area contributed by atoms with Crippen molar-refractivity contribution in [2.75, 3.05) is 90.9 Å². The lowest BCUT2D eigenvalue weighted by Gasteiger charge is -2.41. The Morgan fingerprint density at radius 3 is 2.27 bits per heavy atom. The predicted molar refractivity (Wildman–Crippen MR) is 520 cm³/mol. The number of anilines is 1. The Balaban J connectivity index is 0.549. The standard InChI is InChI=1S/C101H141ClN14O21S/c1-63-23-21-31-80(118)100(131)57-77(135-96(130)112-100)64(2)89-101(105,137-89)81(56-85(122)113(7)75-53-67(51-63)54-76(132-9)88(75)102)136-95(129)90(104)114(8)84(121)40-50-138-78-55-86(123)116(94(78)128)60-66-33-35-70(36-34-66)91(125)106-45-19-20-47-109-99(42-43-99)79(117)32-22-46-107-92(126)72(29-17-18-44-103)111-93(127)73(52-65-24-11-10-12-25-65)110-83(120)58-97(3,4)62-133-48-49-134-98(5,6)41-39-82(119)108-59-87(124)115-61-71-28-14-13-26-68(71)37-38-69-27-15-16-30-74(69)115/h10-16,21,23-28,30-31,37-38,53-54,64,66,69-70,72-74,77-78,80-81,89-90,109,118,131H,17-20,22,29,32-36,39-52,55-62,103-105H2,1-9H3,(H,106,125)(H,107,126)(H,108,119)(H,110,120)(H,111,127)(H,112,130)/b31-21+,38-37-,63-23+/t64-,66?,69?,70?,72+,73?,74?,77+,78?,80-,81+,89+,90-,100+,101+/m1/s1. The number of imide groups is 1. The van der Waals surface area contributed by atoms with Gasteiger partial charge in [-0.3, -0.25) is 68.7 Å². The number of ketones is 1. The summed E-state index contributed by atoms with van der Waals surface area (Å²) in [6.45, 7) is 13.7. The van der Waals surface area contributed by atoms with Gasteiger partial charge in [0.25, 0.3) is 0 Å². The number of halogens is 1. The number of carbonyl (C=O) groups excluding carboxylic acids is 13. The van der Waals surface area contributed by atoms with Gasteiger partial charge in [-0.05, 0) is 169 Å². The summed E-state index contributed by atoms with van der Waals surface area (Å²) in [6, 6.07) is 18.5. The number of fused-ring (bicyclic) bond motifs is 7. The summed E-state index contributed by atoms with van der Waals surface area (Å²) in [5.74, 6) is -5.69. The van der Waals surface area contributed by atoms with Gasteiger partial charge in [0.2, 0.25) is 59.1 Å². The first kappa shape index (κ1) is 108. The molecule has 0 spiro atoms. The van der Waals surface area contributed by atoms with Crippen LogP contribution in [-0.4, -0.2) is 264 Å². The van der Waals surface area contributed by atoms with Gasteiger partial charge in [0.15, 0.2) is 29.5 Å². The van der Waals surface area contributed by atoms with Gasteiger partial charge < -0.3 is 96.7 Å². The van der Waals surface area contributed by atoms with E-state index in [0.717, 1.165) is 38.9 Å². The van der Waals surface area contributed by atoms with E-state index in [1.807, 2.05) is 112 Å². The van der Waals surface area contributed by atoms with Crippen LogP contribution in [0, 0.1) is 29.1 Å². The molecule has 0 radical (unpaired) electrons. The van der Waals surface area contributed by atoms with Crippen molar-refractivity contribution in [1.82, 2.24) is 51.9 Å². The maximum atomic E-state index is 14.4. The number of likely N-dealkylation sites (tertiary alicyclic amines) is 1. The largest absolute Gasteiger partial charge is 0.495 e. The molecule has 13 atom stereocenters. The van der Waals surface area contributed by atoms with Crippen molar-refractivity contribution >= 4 is 112 Å². The highest BCUT2D eigenvalue weighted by Gasteiger charge is 2.66. The number of allylic oxidation sites excluding steroid dienone is 5. The minimum absolute atomic E-state index is 0.00814. The topological polar surface area (TPSA) is 496 Å². The molecule has 0 aromatic heterocycles. The Morgan fingerprint density at radius 1 is 0.804 bits per heavy atom. The molecule has 5 aliphatic heterocycles. The van der Waals surface area contributed by atoms with Crippen molar-refractivity contribution < 1.29 is 101 Å². The van der Waals surface area contributed by atoms with Crippen molar-refractivity contribution in [2.45, 2.75) is 266 Å². The predicted octanol–water partition coefficient (Wildman–Crippen LogP) is 6.83. The van der Waals surface area contributed by atoms with Crippen LogP contribution in [0.4, 0.5) is 10.5 Å². The number of aliphatic hydroxyl groups excluding tert-OH is 1. The van der Waals surface area contributed by atoms with Gasteiger partial charge in [-0.1, -0.05) is 147 Å². The molecule has 754 valence electrons. The van der Waals surface area contributed by atoms with Gasteiger partial charge in [0.1, 0.15) is 41.2 Å². The molecule has 3 saturated heterocycles. The second kappa shape index (κ2) is 49.7. The first-order valence-electron chi connectivity index (χ1n) is 48.3. The van der Waals surface area contributed by atoms with E-state index in [2.05, 4.69) is 55.4 Å². The molecule has 11 amide bonds. The molecule has 138 heavy (non-hydrogen) atoms. The minimum atomic E-state index is -2.20. The zero-order valence-corrected chi connectivity index (χ0v) is 82.4. The average Bonchev–Trinajstić information content (AvgIpc) is 1.57. The van der Waals surface area contributed by atoms with Crippen molar-refractivity contribution in [1.29, 1.82) is 0 Å². The lowest BCUT2D eigenvalue weighted by molar-refractivity contribution is -0.162. The van der Waals surface area contributed by atoms with Gasteiger partial charge >= 0.3 is 12.1 Å². The number of epoxide rings is 1. The Kier molecular flexibility index (Phi) is 39.0. The van der Waals surface area contributed by atoms with Crippen LogP contribution < -0.4 is 64.1 Å². The number of rotatable bonds is 45. The number of ether oxygens (including phenoxy) is 6. The number of Topliss-reactive ketones (excluding diaryl/α,β-unsaturated/α-hetero) is 1. The fourth-order valence-corrected chi connectivity index (χ4v) is 19.9. The molecule has 5 heterocycles. The molecule has 5 fully saturated rings. The second-order valence-corrected chi connectivity index (χ2v) is 40.9. The maximum absolute atomic E-state index is 14.4. The first-order chi connectivity index (χ1) is 65.7. The molecule has 37 heteroatoms. The van der Waals surface area contributed by atoms with E-state index >= 15 is 0 Å². The number of nitrogens with one attached hydrogen (secondary N) is 7. The van der Waals surface area contributed by atoms with Crippen LogP contribution >= 0.6 is 23.4 Å². The molecular formula is C101H141ClN14O21S. The number of alkyl carbamates (subject to hydrolysis) is 1. The molecule has 3 aliphatic carbocycles.